The highest BCUT2D eigenvalue weighted by molar-refractivity contribution is 5.51. The van der Waals surface area contributed by atoms with Crippen molar-refractivity contribution in [3.05, 3.63) is 23.9 Å². The summed E-state index contributed by atoms with van der Waals surface area (Å²) in [5, 5.41) is 6.42. The summed E-state index contributed by atoms with van der Waals surface area (Å²) in [6, 6.07) is 3.61. The van der Waals surface area contributed by atoms with Crippen LogP contribution in [0.4, 0.5) is 19.1 Å². The third kappa shape index (κ3) is 1.61. The first-order valence-electron chi connectivity index (χ1n) is 5.58. The van der Waals surface area contributed by atoms with E-state index in [4.69, 9.17) is 0 Å². The van der Waals surface area contributed by atoms with Crippen LogP contribution in [0.1, 0.15) is 18.4 Å². The van der Waals surface area contributed by atoms with Gasteiger partial charge in [0.05, 0.1) is 0 Å². The maximum absolute atomic E-state index is 12.8. The minimum absolute atomic E-state index is 0.0270. The van der Waals surface area contributed by atoms with Crippen molar-refractivity contribution in [3.8, 4) is 0 Å². The van der Waals surface area contributed by atoms with Crippen LogP contribution < -0.4 is 5.32 Å². The summed E-state index contributed by atoms with van der Waals surface area (Å²) in [5.74, 6) is 0.0270. The maximum Gasteiger partial charge on any atom is 0.411 e. The Bertz CT molecular complexity index is 598. The molecule has 0 amide bonds. The summed E-state index contributed by atoms with van der Waals surface area (Å²) in [5.41, 5.74) is -0.390. The van der Waals surface area contributed by atoms with Gasteiger partial charge in [-0.1, -0.05) is 6.07 Å². The lowest BCUT2D eigenvalue weighted by Gasteiger charge is -2.19. The number of aryl methyl sites for hydroxylation is 1. The summed E-state index contributed by atoms with van der Waals surface area (Å²) < 4.78 is 39.9. The van der Waals surface area contributed by atoms with E-state index in [1.54, 1.807) is 12.3 Å². The molecule has 2 heterocycles. The fourth-order valence-corrected chi connectivity index (χ4v) is 1.91. The van der Waals surface area contributed by atoms with Crippen molar-refractivity contribution in [1.29, 1.82) is 0 Å². The molecule has 1 fully saturated rings. The van der Waals surface area contributed by atoms with Crippen LogP contribution >= 0.6 is 0 Å². The van der Waals surface area contributed by atoms with Crippen molar-refractivity contribution in [1.82, 2.24) is 14.6 Å². The lowest BCUT2D eigenvalue weighted by Crippen LogP contribution is -2.39. The van der Waals surface area contributed by atoms with Crippen LogP contribution in [-0.4, -0.2) is 26.3 Å². The molecule has 0 aromatic carbocycles. The molecule has 4 nitrogen and oxygen atoms in total. The van der Waals surface area contributed by atoms with Crippen LogP contribution in [0.3, 0.4) is 0 Å². The standard InChI is InChI=1S/C11H11F3N4/c1-7-3-2-6-18-8(7)15-9(17-18)16-10(4-5-10)11(12,13)14/h2-3,6H,4-5H2,1H3,(H,16,17). The van der Waals surface area contributed by atoms with E-state index in [2.05, 4.69) is 15.4 Å². The quantitative estimate of drug-likeness (QED) is 0.897. The average molecular weight is 256 g/mol. The molecule has 0 saturated heterocycles. The molecule has 2 aromatic rings. The molecule has 0 aliphatic heterocycles. The van der Waals surface area contributed by atoms with Crippen LogP contribution in [0.5, 0.6) is 0 Å². The van der Waals surface area contributed by atoms with Gasteiger partial charge in [-0.15, -0.1) is 5.10 Å². The van der Waals surface area contributed by atoms with Gasteiger partial charge in [0.15, 0.2) is 5.65 Å². The summed E-state index contributed by atoms with van der Waals surface area (Å²) in [4.78, 5) is 4.09. The van der Waals surface area contributed by atoms with Gasteiger partial charge in [-0.05, 0) is 31.4 Å². The zero-order valence-corrected chi connectivity index (χ0v) is 9.62. The van der Waals surface area contributed by atoms with Gasteiger partial charge >= 0.3 is 6.18 Å². The number of nitrogens with zero attached hydrogens (tertiary/aromatic N) is 3. The third-order valence-electron chi connectivity index (χ3n) is 3.20. The molecule has 3 rings (SSSR count). The van der Waals surface area contributed by atoms with Gasteiger partial charge in [-0.3, -0.25) is 0 Å². The summed E-state index contributed by atoms with van der Waals surface area (Å²) >= 11 is 0. The molecule has 1 aliphatic carbocycles. The van der Waals surface area contributed by atoms with Crippen molar-refractivity contribution in [3.63, 3.8) is 0 Å². The number of rotatable bonds is 2. The molecule has 0 radical (unpaired) electrons. The highest BCUT2D eigenvalue weighted by Crippen LogP contribution is 2.50. The van der Waals surface area contributed by atoms with Gasteiger partial charge in [-0.2, -0.15) is 18.2 Å². The number of nitrogens with one attached hydrogen (secondary N) is 1. The Morgan fingerprint density at radius 2 is 2.11 bits per heavy atom. The van der Waals surface area contributed by atoms with E-state index in [9.17, 15) is 13.2 Å². The Hall–Kier alpha value is -1.79. The van der Waals surface area contributed by atoms with Gasteiger partial charge < -0.3 is 5.32 Å². The Labute approximate surface area is 101 Å². The first-order chi connectivity index (χ1) is 8.41. The number of aromatic nitrogens is 3. The molecule has 0 bridgehead atoms. The molecule has 2 aromatic heterocycles. The van der Waals surface area contributed by atoms with E-state index in [0.717, 1.165) is 5.56 Å². The molecule has 18 heavy (non-hydrogen) atoms. The van der Waals surface area contributed by atoms with Gasteiger partial charge in [0.25, 0.3) is 0 Å². The Morgan fingerprint density at radius 3 is 2.67 bits per heavy atom. The largest absolute Gasteiger partial charge is 0.411 e. The first-order valence-corrected chi connectivity index (χ1v) is 5.58. The molecule has 7 heteroatoms. The number of halogens is 3. The van der Waals surface area contributed by atoms with Crippen molar-refractivity contribution in [2.45, 2.75) is 31.5 Å². The predicted octanol–water partition coefficient (Wildman–Crippen LogP) is 2.54. The van der Waals surface area contributed by atoms with E-state index < -0.39 is 11.7 Å². The molecular weight excluding hydrogens is 245 g/mol. The number of fused-ring (bicyclic) bond motifs is 1. The Morgan fingerprint density at radius 1 is 1.39 bits per heavy atom. The molecule has 1 N–H and O–H groups in total. The average Bonchev–Trinajstić information content (AvgIpc) is 2.92. The third-order valence-corrected chi connectivity index (χ3v) is 3.20. The van der Waals surface area contributed by atoms with E-state index in [1.165, 1.54) is 4.52 Å². The normalized spacial score (nSPS) is 18.0. The van der Waals surface area contributed by atoms with Crippen molar-refractivity contribution in [2.75, 3.05) is 5.32 Å². The summed E-state index contributed by atoms with van der Waals surface area (Å²) in [6.07, 6.45) is -2.46. The lowest BCUT2D eigenvalue weighted by atomic mass is 10.3. The molecule has 1 saturated carbocycles. The summed E-state index contributed by atoms with van der Waals surface area (Å²) in [6.45, 7) is 1.84. The molecular formula is C11H11F3N4. The SMILES string of the molecule is Cc1cccn2nc(NC3(C(F)(F)F)CC3)nc12. The first kappa shape index (κ1) is 11.3. The van der Waals surface area contributed by atoms with Crippen molar-refractivity contribution in [2.24, 2.45) is 0 Å². The van der Waals surface area contributed by atoms with Gasteiger partial charge in [0.1, 0.15) is 5.54 Å². The number of hydrogen-bond donors (Lipinski definition) is 1. The highest BCUT2D eigenvalue weighted by atomic mass is 19.4. The fourth-order valence-electron chi connectivity index (χ4n) is 1.91. The Balaban J connectivity index is 1.95. The molecule has 1 aliphatic rings. The topological polar surface area (TPSA) is 42.2 Å². The second kappa shape index (κ2) is 3.37. The maximum atomic E-state index is 12.8. The fraction of sp³-hybridized carbons (Fsp3) is 0.455. The van der Waals surface area contributed by atoms with Gasteiger partial charge in [0.2, 0.25) is 5.95 Å². The summed E-state index contributed by atoms with van der Waals surface area (Å²) in [7, 11) is 0. The van der Waals surface area contributed by atoms with Crippen LogP contribution in [0.15, 0.2) is 18.3 Å². The number of alkyl halides is 3. The van der Waals surface area contributed by atoms with Crippen molar-refractivity contribution >= 4 is 11.6 Å². The van der Waals surface area contributed by atoms with Crippen LogP contribution in [-0.2, 0) is 0 Å². The lowest BCUT2D eigenvalue weighted by molar-refractivity contribution is -0.151. The number of hydrogen-bond acceptors (Lipinski definition) is 3. The minimum atomic E-state index is -4.26. The minimum Gasteiger partial charge on any atom is -0.339 e. The molecule has 0 spiro atoms. The number of anilines is 1. The van der Waals surface area contributed by atoms with Crippen LogP contribution in [0.2, 0.25) is 0 Å². The molecule has 0 unspecified atom stereocenters. The zero-order valence-electron chi connectivity index (χ0n) is 9.62. The van der Waals surface area contributed by atoms with Crippen LogP contribution in [0.25, 0.3) is 5.65 Å². The van der Waals surface area contributed by atoms with E-state index >= 15 is 0 Å². The van der Waals surface area contributed by atoms with Crippen molar-refractivity contribution < 1.29 is 13.2 Å². The van der Waals surface area contributed by atoms with Gasteiger partial charge in [0, 0.05) is 6.20 Å². The monoisotopic (exact) mass is 256 g/mol. The Kier molecular flexibility index (Phi) is 2.11. The van der Waals surface area contributed by atoms with E-state index in [-0.39, 0.29) is 18.8 Å². The molecule has 0 atom stereocenters. The predicted molar refractivity (Wildman–Crippen MR) is 59.4 cm³/mol. The second-order valence-electron chi connectivity index (χ2n) is 4.60. The molecule has 96 valence electrons. The van der Waals surface area contributed by atoms with E-state index in [1.807, 2.05) is 13.0 Å². The number of pyridine rings is 1. The highest BCUT2D eigenvalue weighted by Gasteiger charge is 2.64. The van der Waals surface area contributed by atoms with Crippen LogP contribution in [0, 0.1) is 6.92 Å². The zero-order chi connectivity index (χ0) is 13.0. The van der Waals surface area contributed by atoms with E-state index in [0.29, 0.717) is 5.65 Å². The second-order valence-corrected chi connectivity index (χ2v) is 4.60. The smallest absolute Gasteiger partial charge is 0.339 e. The van der Waals surface area contributed by atoms with Gasteiger partial charge in [-0.25, -0.2) is 4.52 Å².